The van der Waals surface area contributed by atoms with Gasteiger partial charge in [-0.05, 0) is 47.9 Å². The number of hydrogen-bond acceptors (Lipinski definition) is 3. The van der Waals surface area contributed by atoms with E-state index in [-0.39, 0.29) is 10.8 Å². The second-order valence-corrected chi connectivity index (χ2v) is 8.67. The van der Waals surface area contributed by atoms with Gasteiger partial charge in [0.05, 0.1) is 4.90 Å². The molecule has 0 bridgehead atoms. The molecular formula is C16H26N2O2S. The zero-order valence-corrected chi connectivity index (χ0v) is 14.3. The molecule has 1 aliphatic carbocycles. The maximum absolute atomic E-state index is 12.3. The molecule has 1 fully saturated rings. The van der Waals surface area contributed by atoms with Crippen LogP contribution in [0.2, 0.25) is 0 Å². The average Bonchev–Trinajstić information content (AvgIpc) is 2.78. The minimum Gasteiger partial charge on any atom is -0.385 e. The van der Waals surface area contributed by atoms with Crippen LogP contribution in [-0.2, 0) is 10.0 Å². The molecule has 2 N–H and O–H groups in total. The molecule has 0 saturated heterocycles. The van der Waals surface area contributed by atoms with Crippen LogP contribution in [0.5, 0.6) is 0 Å². The highest BCUT2D eigenvalue weighted by atomic mass is 32.2. The Hall–Kier alpha value is -1.07. The summed E-state index contributed by atoms with van der Waals surface area (Å²) in [5.74, 6) is 0.376. The molecule has 0 amide bonds. The van der Waals surface area contributed by atoms with Crippen molar-refractivity contribution in [2.24, 2.45) is 16.7 Å². The van der Waals surface area contributed by atoms with Crippen molar-refractivity contribution in [1.82, 2.24) is 4.72 Å². The molecule has 0 aromatic heterocycles. The van der Waals surface area contributed by atoms with E-state index in [9.17, 15) is 8.42 Å². The van der Waals surface area contributed by atoms with E-state index in [2.05, 4.69) is 37.7 Å². The normalized spacial score (nSPS) is 20.2. The summed E-state index contributed by atoms with van der Waals surface area (Å²) < 4.78 is 27.4. The first kappa shape index (κ1) is 16.3. The Kier molecular flexibility index (Phi) is 4.10. The fourth-order valence-corrected chi connectivity index (χ4v) is 4.12. The van der Waals surface area contributed by atoms with Gasteiger partial charge in [-0.1, -0.05) is 27.7 Å². The lowest BCUT2D eigenvalue weighted by Gasteiger charge is -2.09. The van der Waals surface area contributed by atoms with Crippen LogP contribution in [0.4, 0.5) is 5.69 Å². The maximum atomic E-state index is 12.3. The highest BCUT2D eigenvalue weighted by Gasteiger charge is 2.64. The highest BCUT2D eigenvalue weighted by Crippen LogP contribution is 2.67. The first-order valence-corrected chi connectivity index (χ1v) is 8.95. The van der Waals surface area contributed by atoms with Gasteiger partial charge >= 0.3 is 0 Å². The number of benzene rings is 1. The molecule has 0 heterocycles. The number of hydrogen-bond donors (Lipinski definition) is 2. The maximum Gasteiger partial charge on any atom is 0.240 e. The third kappa shape index (κ3) is 2.94. The summed E-state index contributed by atoms with van der Waals surface area (Å²) in [6.45, 7) is 12.1. The van der Waals surface area contributed by atoms with Crippen molar-refractivity contribution in [3.05, 3.63) is 24.3 Å². The minimum atomic E-state index is -3.43. The van der Waals surface area contributed by atoms with Gasteiger partial charge in [0.15, 0.2) is 0 Å². The molecule has 0 radical (unpaired) electrons. The molecule has 1 aromatic rings. The molecular weight excluding hydrogens is 284 g/mol. The molecule has 21 heavy (non-hydrogen) atoms. The van der Waals surface area contributed by atoms with Crippen molar-refractivity contribution in [3.8, 4) is 0 Å². The van der Waals surface area contributed by atoms with E-state index in [0.29, 0.717) is 17.4 Å². The van der Waals surface area contributed by atoms with Gasteiger partial charge in [0.1, 0.15) is 0 Å². The van der Waals surface area contributed by atoms with Crippen molar-refractivity contribution in [1.29, 1.82) is 0 Å². The Morgan fingerprint density at radius 1 is 1.05 bits per heavy atom. The predicted octanol–water partition coefficient (Wildman–Crippen LogP) is 3.08. The summed E-state index contributed by atoms with van der Waals surface area (Å²) in [5.41, 5.74) is 1.30. The fraction of sp³-hybridized carbons (Fsp3) is 0.625. The lowest BCUT2D eigenvalue weighted by Crippen LogP contribution is -2.27. The number of nitrogens with one attached hydrogen (secondary N) is 2. The van der Waals surface area contributed by atoms with Crippen LogP contribution in [0.25, 0.3) is 0 Å². The topological polar surface area (TPSA) is 58.2 Å². The molecule has 2 rings (SSSR count). The van der Waals surface area contributed by atoms with E-state index in [0.717, 1.165) is 12.2 Å². The zero-order chi connectivity index (χ0) is 15.9. The molecule has 5 heteroatoms. The second kappa shape index (κ2) is 5.29. The van der Waals surface area contributed by atoms with Gasteiger partial charge in [-0.15, -0.1) is 0 Å². The molecule has 1 saturated carbocycles. The number of anilines is 1. The lowest BCUT2D eigenvalue weighted by atomic mass is 10.0. The zero-order valence-electron chi connectivity index (χ0n) is 13.5. The van der Waals surface area contributed by atoms with E-state index in [4.69, 9.17) is 0 Å². The molecule has 0 atom stereocenters. The largest absolute Gasteiger partial charge is 0.385 e. The van der Waals surface area contributed by atoms with E-state index < -0.39 is 10.0 Å². The van der Waals surface area contributed by atoms with Crippen LogP contribution in [0.1, 0.15) is 34.6 Å². The van der Waals surface area contributed by atoms with E-state index in [1.165, 1.54) is 0 Å². The van der Waals surface area contributed by atoms with Crippen molar-refractivity contribution in [3.63, 3.8) is 0 Å². The SMILES string of the molecule is CCNc1ccc(S(=O)(=O)NCC2C(C)(C)C2(C)C)cc1. The van der Waals surface area contributed by atoms with Gasteiger partial charge < -0.3 is 5.32 Å². The third-order valence-corrected chi connectivity index (χ3v) is 6.78. The van der Waals surface area contributed by atoms with Crippen LogP contribution < -0.4 is 10.0 Å². The second-order valence-electron chi connectivity index (χ2n) is 6.90. The van der Waals surface area contributed by atoms with Crippen LogP contribution in [0.15, 0.2) is 29.2 Å². The molecule has 0 unspecified atom stereocenters. The summed E-state index contributed by atoms with van der Waals surface area (Å²) in [5, 5.41) is 3.15. The molecule has 0 spiro atoms. The van der Waals surface area contributed by atoms with Gasteiger partial charge in [0, 0.05) is 18.8 Å². The predicted molar refractivity (Wildman–Crippen MR) is 86.8 cm³/mol. The summed E-state index contributed by atoms with van der Waals surface area (Å²) in [7, 11) is -3.43. The Labute approximate surface area is 128 Å². The molecule has 4 nitrogen and oxygen atoms in total. The van der Waals surface area contributed by atoms with Crippen LogP contribution in [0, 0.1) is 16.7 Å². The van der Waals surface area contributed by atoms with Crippen LogP contribution >= 0.6 is 0 Å². The van der Waals surface area contributed by atoms with Gasteiger partial charge in [0.25, 0.3) is 0 Å². The first-order valence-electron chi connectivity index (χ1n) is 7.46. The summed E-state index contributed by atoms with van der Waals surface area (Å²) in [4.78, 5) is 0.320. The molecule has 118 valence electrons. The Bertz CT molecular complexity index is 590. The van der Waals surface area contributed by atoms with Gasteiger partial charge in [-0.2, -0.15) is 0 Å². The summed E-state index contributed by atoms with van der Waals surface area (Å²) in [6, 6.07) is 6.87. The minimum absolute atomic E-state index is 0.185. The van der Waals surface area contributed by atoms with Crippen LogP contribution in [0.3, 0.4) is 0 Å². The number of rotatable bonds is 6. The standard InChI is InChI=1S/C16H26N2O2S/c1-6-17-12-7-9-13(10-8-12)21(19,20)18-11-14-15(2,3)16(14,4)5/h7-10,14,17-18H,6,11H2,1-5H3. The van der Waals surface area contributed by atoms with Crippen molar-refractivity contribution in [2.45, 2.75) is 39.5 Å². The van der Waals surface area contributed by atoms with E-state index in [1.54, 1.807) is 24.3 Å². The Balaban J connectivity index is 2.03. The van der Waals surface area contributed by atoms with Crippen molar-refractivity contribution < 1.29 is 8.42 Å². The summed E-state index contributed by atoms with van der Waals surface area (Å²) >= 11 is 0. The Morgan fingerprint density at radius 3 is 2.00 bits per heavy atom. The average molecular weight is 310 g/mol. The molecule has 0 aliphatic heterocycles. The van der Waals surface area contributed by atoms with E-state index in [1.807, 2.05) is 6.92 Å². The van der Waals surface area contributed by atoms with Gasteiger partial charge in [-0.25, -0.2) is 13.1 Å². The van der Waals surface area contributed by atoms with Gasteiger partial charge in [-0.3, -0.25) is 0 Å². The quantitative estimate of drug-likeness (QED) is 0.849. The first-order chi connectivity index (χ1) is 9.63. The third-order valence-electron chi connectivity index (χ3n) is 5.34. The Morgan fingerprint density at radius 2 is 1.57 bits per heavy atom. The fourth-order valence-electron chi connectivity index (χ4n) is 3.08. The monoisotopic (exact) mass is 310 g/mol. The van der Waals surface area contributed by atoms with Crippen molar-refractivity contribution in [2.75, 3.05) is 18.4 Å². The molecule has 1 aliphatic rings. The van der Waals surface area contributed by atoms with E-state index >= 15 is 0 Å². The lowest BCUT2D eigenvalue weighted by molar-refractivity contribution is 0.457. The number of sulfonamides is 1. The smallest absolute Gasteiger partial charge is 0.240 e. The summed E-state index contributed by atoms with van der Waals surface area (Å²) in [6.07, 6.45) is 0. The van der Waals surface area contributed by atoms with Crippen LogP contribution in [-0.4, -0.2) is 21.5 Å². The molecule has 1 aromatic carbocycles. The highest BCUT2D eigenvalue weighted by molar-refractivity contribution is 7.89. The van der Waals surface area contributed by atoms with Crippen molar-refractivity contribution >= 4 is 15.7 Å². The van der Waals surface area contributed by atoms with Gasteiger partial charge in [0.2, 0.25) is 10.0 Å².